The lowest BCUT2D eigenvalue weighted by atomic mass is 10.1. The van der Waals surface area contributed by atoms with Gasteiger partial charge in [-0.2, -0.15) is 0 Å². The highest BCUT2D eigenvalue weighted by Gasteiger charge is 2.30. The van der Waals surface area contributed by atoms with Gasteiger partial charge in [0, 0.05) is 25.8 Å². The van der Waals surface area contributed by atoms with Gasteiger partial charge in [0.25, 0.3) is 0 Å². The number of nitrogens with zero attached hydrogens (tertiary/aromatic N) is 2. The normalized spacial score (nSPS) is 17.7. The number of aromatic nitrogens is 1. The van der Waals surface area contributed by atoms with Crippen LogP contribution in [0.3, 0.4) is 0 Å². The van der Waals surface area contributed by atoms with Crippen molar-refractivity contribution in [3.63, 3.8) is 0 Å². The van der Waals surface area contributed by atoms with Gasteiger partial charge in [-0.25, -0.2) is 13.6 Å². The molecule has 1 atom stereocenters. The quantitative estimate of drug-likeness (QED) is 0.842. The number of anilines is 1. The maximum absolute atomic E-state index is 15.3. The second kappa shape index (κ2) is 7.00. The molecule has 3 rings (SSSR count). The van der Waals surface area contributed by atoms with Gasteiger partial charge in [-0.3, -0.25) is 4.79 Å². The van der Waals surface area contributed by atoms with Crippen LogP contribution in [0.5, 0.6) is 0 Å². The van der Waals surface area contributed by atoms with Crippen molar-refractivity contribution in [2.45, 2.75) is 19.5 Å². The van der Waals surface area contributed by atoms with E-state index in [1.807, 2.05) is 0 Å². The molecule has 1 aliphatic heterocycles. The molecule has 1 unspecified atom stereocenters. The summed E-state index contributed by atoms with van der Waals surface area (Å²) in [4.78, 5) is 25.1. The predicted octanol–water partition coefficient (Wildman–Crippen LogP) is 1.16. The van der Waals surface area contributed by atoms with Crippen LogP contribution in [0.15, 0.2) is 17.1 Å². The second-order valence-corrected chi connectivity index (χ2v) is 6.04. The standard InChI is InChI=1S/C17H19F2N3O4/c1-2-21-7-11(17(24)25)16(23)10-5-12(18)15(13(19)14(10)21)22-3-4-26-8-9(22)6-20/h5,7,9H,2-4,6,8,20H2,1H3,(H,24,25). The predicted molar refractivity (Wildman–Crippen MR) is 91.8 cm³/mol. The molecule has 140 valence electrons. The molecular formula is C17H19F2N3O4. The number of benzene rings is 1. The monoisotopic (exact) mass is 367 g/mol. The minimum atomic E-state index is -1.44. The Morgan fingerprint density at radius 3 is 2.81 bits per heavy atom. The Balaban J connectivity index is 2.33. The van der Waals surface area contributed by atoms with E-state index in [4.69, 9.17) is 10.5 Å². The molecule has 1 aromatic heterocycles. The highest BCUT2D eigenvalue weighted by Crippen LogP contribution is 2.32. The van der Waals surface area contributed by atoms with E-state index in [9.17, 15) is 19.1 Å². The molecule has 2 heterocycles. The van der Waals surface area contributed by atoms with Gasteiger partial charge < -0.3 is 25.0 Å². The third-order valence-corrected chi connectivity index (χ3v) is 4.59. The van der Waals surface area contributed by atoms with Gasteiger partial charge in [0.15, 0.2) is 5.82 Å². The van der Waals surface area contributed by atoms with Gasteiger partial charge in [0.05, 0.1) is 30.2 Å². The van der Waals surface area contributed by atoms with Crippen molar-refractivity contribution in [3.05, 3.63) is 39.7 Å². The number of aryl methyl sites for hydroxylation is 1. The summed E-state index contributed by atoms with van der Waals surface area (Å²) in [7, 11) is 0. The van der Waals surface area contributed by atoms with Crippen molar-refractivity contribution >= 4 is 22.6 Å². The second-order valence-electron chi connectivity index (χ2n) is 6.04. The van der Waals surface area contributed by atoms with Crippen LogP contribution < -0.4 is 16.1 Å². The largest absolute Gasteiger partial charge is 0.477 e. The number of nitrogens with two attached hydrogens (primary N) is 1. The average molecular weight is 367 g/mol. The van der Waals surface area contributed by atoms with Crippen molar-refractivity contribution < 1.29 is 23.4 Å². The van der Waals surface area contributed by atoms with Gasteiger partial charge in [-0.15, -0.1) is 0 Å². The van der Waals surface area contributed by atoms with Crippen LogP contribution in [-0.4, -0.2) is 48.0 Å². The Kier molecular flexibility index (Phi) is 4.92. The highest BCUT2D eigenvalue weighted by atomic mass is 19.1. The maximum atomic E-state index is 15.3. The number of morpholine rings is 1. The number of hydrogen-bond donors (Lipinski definition) is 2. The first kappa shape index (κ1) is 18.3. The minimum Gasteiger partial charge on any atom is -0.477 e. The van der Waals surface area contributed by atoms with Gasteiger partial charge in [-0.1, -0.05) is 0 Å². The van der Waals surface area contributed by atoms with Crippen LogP contribution >= 0.6 is 0 Å². The number of fused-ring (bicyclic) bond motifs is 1. The van der Waals surface area contributed by atoms with E-state index < -0.39 is 34.6 Å². The molecule has 0 bridgehead atoms. The van der Waals surface area contributed by atoms with E-state index in [-0.39, 0.29) is 42.8 Å². The summed E-state index contributed by atoms with van der Waals surface area (Å²) >= 11 is 0. The Morgan fingerprint density at radius 2 is 2.19 bits per heavy atom. The van der Waals surface area contributed by atoms with Gasteiger partial charge in [-0.05, 0) is 13.0 Å². The first-order chi connectivity index (χ1) is 12.4. The fourth-order valence-corrected chi connectivity index (χ4v) is 3.29. The Morgan fingerprint density at radius 1 is 1.46 bits per heavy atom. The molecule has 0 spiro atoms. The van der Waals surface area contributed by atoms with Crippen LogP contribution in [0.4, 0.5) is 14.5 Å². The van der Waals surface area contributed by atoms with E-state index >= 15 is 4.39 Å². The molecule has 9 heteroatoms. The molecule has 1 aliphatic rings. The summed E-state index contributed by atoms with van der Waals surface area (Å²) in [5.41, 5.74) is 3.84. The van der Waals surface area contributed by atoms with E-state index in [1.54, 1.807) is 6.92 Å². The lowest BCUT2D eigenvalue weighted by Crippen LogP contribution is -2.50. The molecule has 0 aliphatic carbocycles. The van der Waals surface area contributed by atoms with Crippen LogP contribution in [-0.2, 0) is 11.3 Å². The molecule has 0 amide bonds. The SMILES string of the molecule is CCn1cc(C(=O)O)c(=O)c2cc(F)c(N3CCOCC3CN)c(F)c21. The number of rotatable bonds is 4. The fourth-order valence-electron chi connectivity index (χ4n) is 3.29. The molecule has 3 N–H and O–H groups in total. The zero-order valence-corrected chi connectivity index (χ0v) is 14.2. The minimum absolute atomic E-state index is 0.124. The highest BCUT2D eigenvalue weighted by molar-refractivity contribution is 5.93. The number of carboxylic acid groups (broad SMARTS) is 1. The third-order valence-electron chi connectivity index (χ3n) is 4.59. The molecule has 2 aromatic rings. The summed E-state index contributed by atoms with van der Waals surface area (Å²) in [6.07, 6.45) is 1.08. The van der Waals surface area contributed by atoms with Crippen LogP contribution in [0.2, 0.25) is 0 Å². The summed E-state index contributed by atoms with van der Waals surface area (Å²) in [5.74, 6) is -3.28. The van der Waals surface area contributed by atoms with Crippen LogP contribution in [0.1, 0.15) is 17.3 Å². The number of halogens is 2. The summed E-state index contributed by atoms with van der Waals surface area (Å²) in [6, 6.07) is 0.503. The zero-order chi connectivity index (χ0) is 19.0. The molecule has 0 saturated carbocycles. The van der Waals surface area contributed by atoms with E-state index in [2.05, 4.69) is 0 Å². The Labute approximate surface area is 147 Å². The lowest BCUT2D eigenvalue weighted by molar-refractivity contribution is 0.0694. The molecule has 1 saturated heterocycles. The first-order valence-electron chi connectivity index (χ1n) is 8.23. The van der Waals surface area contributed by atoms with E-state index in [0.29, 0.717) is 6.61 Å². The van der Waals surface area contributed by atoms with Crippen molar-refractivity contribution in [1.82, 2.24) is 4.57 Å². The fraction of sp³-hybridized carbons (Fsp3) is 0.412. The van der Waals surface area contributed by atoms with Gasteiger partial charge in [0.1, 0.15) is 17.1 Å². The van der Waals surface area contributed by atoms with Crippen molar-refractivity contribution in [2.75, 3.05) is 31.2 Å². The zero-order valence-electron chi connectivity index (χ0n) is 14.2. The van der Waals surface area contributed by atoms with Crippen molar-refractivity contribution in [3.8, 4) is 0 Å². The van der Waals surface area contributed by atoms with E-state index in [0.717, 1.165) is 12.3 Å². The smallest absolute Gasteiger partial charge is 0.341 e. The molecular weight excluding hydrogens is 348 g/mol. The summed E-state index contributed by atoms with van der Waals surface area (Å²) < 4.78 is 36.7. The molecule has 7 nitrogen and oxygen atoms in total. The number of hydrogen-bond acceptors (Lipinski definition) is 5. The topological polar surface area (TPSA) is 97.8 Å². The summed E-state index contributed by atoms with van der Waals surface area (Å²) in [6.45, 7) is 2.83. The van der Waals surface area contributed by atoms with Gasteiger partial charge >= 0.3 is 5.97 Å². The molecule has 0 radical (unpaired) electrons. The number of ether oxygens (including phenoxy) is 1. The lowest BCUT2D eigenvalue weighted by Gasteiger charge is -2.37. The molecule has 26 heavy (non-hydrogen) atoms. The Bertz CT molecular complexity index is 929. The van der Waals surface area contributed by atoms with Crippen LogP contribution in [0.25, 0.3) is 10.9 Å². The number of pyridine rings is 1. The molecule has 1 fully saturated rings. The van der Waals surface area contributed by atoms with Gasteiger partial charge in [0.2, 0.25) is 5.43 Å². The average Bonchev–Trinajstić information content (AvgIpc) is 2.62. The van der Waals surface area contributed by atoms with Crippen molar-refractivity contribution in [2.24, 2.45) is 5.73 Å². The number of carbonyl (C=O) groups is 1. The molecule has 1 aromatic carbocycles. The Hall–Kier alpha value is -2.52. The van der Waals surface area contributed by atoms with Crippen LogP contribution in [0, 0.1) is 11.6 Å². The summed E-state index contributed by atoms with van der Waals surface area (Å²) in [5, 5.41) is 8.87. The first-order valence-corrected chi connectivity index (χ1v) is 8.23. The number of aromatic carboxylic acids is 1. The maximum Gasteiger partial charge on any atom is 0.341 e. The third kappa shape index (κ3) is 2.82. The van der Waals surface area contributed by atoms with E-state index in [1.165, 1.54) is 9.47 Å². The number of carboxylic acids is 1. The van der Waals surface area contributed by atoms with Crippen molar-refractivity contribution in [1.29, 1.82) is 0 Å².